The Bertz CT molecular complexity index is 816. The third-order valence-corrected chi connectivity index (χ3v) is 3.26. The highest BCUT2D eigenvalue weighted by Gasteiger charge is 2.15. The Morgan fingerprint density at radius 3 is 2.82 bits per heavy atom. The van der Waals surface area contributed by atoms with E-state index in [9.17, 15) is 0 Å². The molecule has 3 aromatic heterocycles. The first-order chi connectivity index (χ1) is 10.6. The number of pyridine rings is 1. The molecule has 3 heterocycles. The lowest BCUT2D eigenvalue weighted by molar-refractivity contribution is 0.398. The molecular weight excluding hydrogens is 304 g/mol. The minimum Gasteiger partial charge on any atom is -0.481 e. The molecule has 114 valence electrons. The van der Waals surface area contributed by atoms with E-state index >= 15 is 0 Å². The molecule has 0 spiro atoms. The normalized spacial score (nSPS) is 11.1. The summed E-state index contributed by atoms with van der Waals surface area (Å²) in [4.78, 5) is 4.31. The minimum atomic E-state index is 0.184. The van der Waals surface area contributed by atoms with E-state index in [0.29, 0.717) is 28.2 Å². The molecule has 3 aromatic rings. The summed E-state index contributed by atoms with van der Waals surface area (Å²) in [6, 6.07) is 7.13. The van der Waals surface area contributed by atoms with Crippen LogP contribution in [0.3, 0.4) is 0 Å². The van der Waals surface area contributed by atoms with Gasteiger partial charge in [-0.05, 0) is 6.07 Å². The van der Waals surface area contributed by atoms with Crippen LogP contribution in [-0.4, -0.2) is 31.9 Å². The zero-order chi connectivity index (χ0) is 15.7. The predicted octanol–water partition coefficient (Wildman–Crippen LogP) is 3.05. The molecule has 3 rings (SSSR count). The molecule has 7 nitrogen and oxygen atoms in total. The monoisotopic (exact) mass is 318 g/mol. The zero-order valence-corrected chi connectivity index (χ0v) is 13.2. The van der Waals surface area contributed by atoms with E-state index in [-0.39, 0.29) is 5.92 Å². The summed E-state index contributed by atoms with van der Waals surface area (Å²) < 4.78 is 6.76. The van der Waals surface area contributed by atoms with Crippen molar-refractivity contribution in [1.29, 1.82) is 0 Å². The number of nitrogens with zero attached hydrogens (tertiary/aromatic N) is 5. The molecule has 1 N–H and O–H groups in total. The van der Waals surface area contributed by atoms with Gasteiger partial charge >= 0.3 is 0 Å². The van der Waals surface area contributed by atoms with Crippen molar-refractivity contribution in [2.24, 2.45) is 0 Å². The van der Waals surface area contributed by atoms with Gasteiger partial charge in [-0.25, -0.2) is 0 Å². The van der Waals surface area contributed by atoms with Crippen LogP contribution in [-0.2, 0) is 0 Å². The van der Waals surface area contributed by atoms with Gasteiger partial charge in [-0.2, -0.15) is 14.6 Å². The molecule has 0 amide bonds. The van der Waals surface area contributed by atoms with Crippen LogP contribution >= 0.6 is 11.6 Å². The molecule has 0 aliphatic heterocycles. The van der Waals surface area contributed by atoms with Gasteiger partial charge in [-0.1, -0.05) is 31.5 Å². The van der Waals surface area contributed by atoms with E-state index in [4.69, 9.17) is 16.3 Å². The average Bonchev–Trinajstić information content (AvgIpc) is 2.91. The van der Waals surface area contributed by atoms with Crippen molar-refractivity contribution in [2.45, 2.75) is 19.8 Å². The second-order valence-corrected chi connectivity index (χ2v) is 5.41. The van der Waals surface area contributed by atoms with Crippen molar-refractivity contribution in [2.75, 3.05) is 12.4 Å². The zero-order valence-electron chi connectivity index (χ0n) is 12.4. The van der Waals surface area contributed by atoms with Gasteiger partial charge in [0, 0.05) is 18.1 Å². The van der Waals surface area contributed by atoms with Crippen molar-refractivity contribution < 1.29 is 4.74 Å². The molecule has 0 bridgehead atoms. The summed E-state index contributed by atoms with van der Waals surface area (Å²) in [5.41, 5.74) is 1.28. The Morgan fingerprint density at radius 1 is 1.27 bits per heavy atom. The van der Waals surface area contributed by atoms with Gasteiger partial charge in [-0.15, -0.1) is 10.2 Å². The largest absolute Gasteiger partial charge is 0.481 e. The van der Waals surface area contributed by atoms with E-state index < -0.39 is 0 Å². The first kappa shape index (κ1) is 14.5. The molecule has 0 aliphatic rings. The molecule has 0 fully saturated rings. The van der Waals surface area contributed by atoms with Crippen molar-refractivity contribution in [3.8, 4) is 5.88 Å². The second kappa shape index (κ2) is 5.76. The predicted molar refractivity (Wildman–Crippen MR) is 84.0 cm³/mol. The van der Waals surface area contributed by atoms with Gasteiger partial charge in [0.15, 0.2) is 11.0 Å². The summed E-state index contributed by atoms with van der Waals surface area (Å²) in [7, 11) is 1.57. The number of ether oxygens (including phenoxy) is 1. The maximum absolute atomic E-state index is 6.11. The smallest absolute Gasteiger partial charge is 0.214 e. The van der Waals surface area contributed by atoms with E-state index in [0.717, 1.165) is 5.82 Å². The van der Waals surface area contributed by atoms with Gasteiger partial charge in [0.25, 0.3) is 0 Å². The van der Waals surface area contributed by atoms with Crippen LogP contribution in [0.4, 0.5) is 11.5 Å². The molecule has 0 unspecified atom stereocenters. The first-order valence-corrected chi connectivity index (χ1v) is 7.16. The highest BCUT2D eigenvalue weighted by Crippen LogP contribution is 2.25. The van der Waals surface area contributed by atoms with Crippen molar-refractivity contribution in [1.82, 2.24) is 24.8 Å². The maximum Gasteiger partial charge on any atom is 0.214 e. The Kier molecular flexibility index (Phi) is 3.81. The van der Waals surface area contributed by atoms with Crippen LogP contribution in [0.1, 0.15) is 25.6 Å². The van der Waals surface area contributed by atoms with Crippen LogP contribution in [0.5, 0.6) is 5.88 Å². The fourth-order valence-electron chi connectivity index (χ4n) is 2.05. The third kappa shape index (κ3) is 2.67. The highest BCUT2D eigenvalue weighted by molar-refractivity contribution is 6.29. The van der Waals surface area contributed by atoms with E-state index in [1.165, 1.54) is 0 Å². The van der Waals surface area contributed by atoms with Crippen molar-refractivity contribution >= 4 is 28.8 Å². The standard InChI is InChI=1S/C14H15ClN6O/c1-8(2)13-18-19-14-9(7-10(15)20-21(13)14)16-11-5-4-6-12(17-11)22-3/h4-8H,1-3H3,(H,16,17). The van der Waals surface area contributed by atoms with Gasteiger partial charge in [0.2, 0.25) is 11.5 Å². The van der Waals surface area contributed by atoms with E-state index in [1.807, 2.05) is 26.0 Å². The molecular formula is C14H15ClN6O. The fourth-order valence-corrected chi connectivity index (χ4v) is 2.24. The van der Waals surface area contributed by atoms with E-state index in [2.05, 4.69) is 25.6 Å². The Balaban J connectivity index is 2.06. The average molecular weight is 319 g/mol. The van der Waals surface area contributed by atoms with Crippen LogP contribution in [0.25, 0.3) is 5.65 Å². The summed E-state index contributed by atoms with van der Waals surface area (Å²) in [5, 5.41) is 16.2. The number of fused-ring (bicyclic) bond motifs is 1. The molecule has 0 radical (unpaired) electrons. The third-order valence-electron chi connectivity index (χ3n) is 3.08. The quantitative estimate of drug-likeness (QED) is 0.796. The molecule has 8 heteroatoms. The van der Waals surface area contributed by atoms with Crippen LogP contribution in [0.15, 0.2) is 24.3 Å². The van der Waals surface area contributed by atoms with Crippen LogP contribution in [0.2, 0.25) is 5.15 Å². The lowest BCUT2D eigenvalue weighted by Crippen LogP contribution is -2.04. The van der Waals surface area contributed by atoms with Crippen LogP contribution in [0, 0.1) is 0 Å². The van der Waals surface area contributed by atoms with Gasteiger partial charge in [0.1, 0.15) is 5.82 Å². The molecule has 0 aliphatic carbocycles. The number of hydrogen-bond acceptors (Lipinski definition) is 6. The maximum atomic E-state index is 6.11. The topological polar surface area (TPSA) is 77.2 Å². The molecule has 0 saturated heterocycles. The number of halogens is 1. The number of aromatic nitrogens is 5. The van der Waals surface area contributed by atoms with Crippen molar-refractivity contribution in [3.63, 3.8) is 0 Å². The number of methoxy groups -OCH3 is 1. The molecule has 0 atom stereocenters. The van der Waals surface area contributed by atoms with Crippen molar-refractivity contribution in [3.05, 3.63) is 35.2 Å². The molecule has 22 heavy (non-hydrogen) atoms. The number of nitrogens with one attached hydrogen (secondary N) is 1. The SMILES string of the molecule is COc1cccc(Nc2cc(Cl)nn3c(C(C)C)nnc23)n1. The number of hydrogen-bond donors (Lipinski definition) is 1. The van der Waals surface area contributed by atoms with Gasteiger partial charge in [0.05, 0.1) is 12.8 Å². The Labute approximate surface area is 132 Å². The minimum absolute atomic E-state index is 0.184. The Morgan fingerprint density at radius 2 is 2.09 bits per heavy atom. The number of anilines is 2. The Hall–Kier alpha value is -2.41. The molecule has 0 aromatic carbocycles. The summed E-state index contributed by atoms with van der Waals surface area (Å²) in [5.74, 6) is 2.08. The van der Waals surface area contributed by atoms with Gasteiger partial charge in [-0.3, -0.25) is 0 Å². The fraction of sp³-hybridized carbons (Fsp3) is 0.286. The summed E-state index contributed by atoms with van der Waals surface area (Å²) in [6.45, 7) is 4.05. The summed E-state index contributed by atoms with van der Waals surface area (Å²) >= 11 is 6.11. The summed E-state index contributed by atoms with van der Waals surface area (Å²) in [6.07, 6.45) is 0. The molecule has 0 saturated carbocycles. The van der Waals surface area contributed by atoms with Gasteiger partial charge < -0.3 is 10.1 Å². The first-order valence-electron chi connectivity index (χ1n) is 6.78. The second-order valence-electron chi connectivity index (χ2n) is 5.02. The lowest BCUT2D eigenvalue weighted by atomic mass is 10.2. The van der Waals surface area contributed by atoms with Crippen LogP contribution < -0.4 is 10.1 Å². The highest BCUT2D eigenvalue weighted by atomic mass is 35.5. The van der Waals surface area contributed by atoms with E-state index in [1.54, 1.807) is 23.8 Å². The number of rotatable bonds is 4. The lowest BCUT2D eigenvalue weighted by Gasteiger charge is -2.09.